The third kappa shape index (κ3) is 8.06. The highest BCUT2D eigenvalue weighted by Gasteiger charge is 2.32. The molecule has 0 radical (unpaired) electrons. The zero-order valence-electron chi connectivity index (χ0n) is 20.8. The molecule has 1 aromatic rings. The minimum Gasteiger partial charge on any atom is -0.497 e. The maximum atomic E-state index is 13.3. The Morgan fingerprint density at radius 3 is 2.12 bits per heavy atom. The number of carbonyl (C=O) groups is 3. The van der Waals surface area contributed by atoms with E-state index < -0.39 is 6.04 Å². The zero-order valence-corrected chi connectivity index (χ0v) is 20.8. The monoisotopic (exact) mass is 459 g/mol. The van der Waals surface area contributed by atoms with Crippen molar-refractivity contribution in [3.63, 3.8) is 0 Å². The molecule has 0 saturated carbocycles. The van der Waals surface area contributed by atoms with Gasteiger partial charge in [0.15, 0.2) is 0 Å². The molecule has 1 aliphatic rings. The minimum absolute atomic E-state index is 0.00230. The molecule has 7 heteroatoms. The molecule has 1 heterocycles. The van der Waals surface area contributed by atoms with E-state index in [4.69, 9.17) is 4.74 Å². The van der Waals surface area contributed by atoms with Gasteiger partial charge in [0, 0.05) is 38.2 Å². The number of piperazine rings is 1. The summed E-state index contributed by atoms with van der Waals surface area (Å²) >= 11 is 0. The van der Waals surface area contributed by atoms with Crippen LogP contribution in [0.2, 0.25) is 0 Å². The standard InChI is InChI=1S/C26H41N3O4/c1-5-7-8-9-10-11-23(30)28-16-18-29(19-17-28)26(32)24(20(3)6-2)27-25(31)21-12-14-22(33-4)15-13-21/h12-15,20,24H,5-11,16-19H2,1-4H3,(H,27,31)/t20-,24+/m0/s1. The molecule has 7 nitrogen and oxygen atoms in total. The van der Waals surface area contributed by atoms with Crippen molar-refractivity contribution in [1.29, 1.82) is 0 Å². The molecule has 1 saturated heterocycles. The van der Waals surface area contributed by atoms with Gasteiger partial charge in [-0.25, -0.2) is 0 Å². The van der Waals surface area contributed by atoms with E-state index in [0.717, 1.165) is 19.3 Å². The Bertz CT molecular complexity index is 757. The maximum absolute atomic E-state index is 13.3. The number of unbranched alkanes of at least 4 members (excludes halogenated alkanes) is 4. The van der Waals surface area contributed by atoms with Gasteiger partial charge in [0.25, 0.3) is 5.91 Å². The minimum atomic E-state index is -0.592. The molecule has 33 heavy (non-hydrogen) atoms. The van der Waals surface area contributed by atoms with Gasteiger partial charge < -0.3 is 19.9 Å². The Morgan fingerprint density at radius 2 is 1.55 bits per heavy atom. The molecule has 0 bridgehead atoms. The Balaban J connectivity index is 1.90. The van der Waals surface area contributed by atoms with Crippen LogP contribution in [0.3, 0.4) is 0 Å². The number of methoxy groups -OCH3 is 1. The van der Waals surface area contributed by atoms with Gasteiger partial charge >= 0.3 is 0 Å². The summed E-state index contributed by atoms with van der Waals surface area (Å²) in [5.41, 5.74) is 0.492. The van der Waals surface area contributed by atoms with Crippen LogP contribution in [0.1, 0.15) is 76.1 Å². The van der Waals surface area contributed by atoms with E-state index in [-0.39, 0.29) is 23.6 Å². The Morgan fingerprint density at radius 1 is 0.939 bits per heavy atom. The summed E-state index contributed by atoms with van der Waals surface area (Å²) in [6, 6.07) is 6.26. The summed E-state index contributed by atoms with van der Waals surface area (Å²) < 4.78 is 5.15. The van der Waals surface area contributed by atoms with Gasteiger partial charge in [0.1, 0.15) is 11.8 Å². The number of nitrogens with zero attached hydrogens (tertiary/aromatic N) is 2. The van der Waals surface area contributed by atoms with E-state index in [9.17, 15) is 14.4 Å². The molecule has 0 spiro atoms. The second kappa shape index (κ2) is 13.9. The lowest BCUT2D eigenvalue weighted by Gasteiger charge is -2.37. The predicted molar refractivity (Wildman–Crippen MR) is 130 cm³/mol. The molecule has 1 aromatic carbocycles. The van der Waals surface area contributed by atoms with Crippen LogP contribution in [0.15, 0.2) is 24.3 Å². The molecule has 2 rings (SSSR count). The van der Waals surface area contributed by atoms with E-state index in [2.05, 4.69) is 12.2 Å². The molecule has 1 aliphatic heterocycles. The normalized spacial score (nSPS) is 15.6. The highest BCUT2D eigenvalue weighted by molar-refractivity contribution is 5.97. The van der Waals surface area contributed by atoms with E-state index in [1.165, 1.54) is 19.3 Å². The summed E-state index contributed by atoms with van der Waals surface area (Å²) in [6.07, 6.45) is 7.00. The van der Waals surface area contributed by atoms with Crippen LogP contribution in [0.4, 0.5) is 0 Å². The highest BCUT2D eigenvalue weighted by Crippen LogP contribution is 2.16. The molecule has 0 aromatic heterocycles. The smallest absolute Gasteiger partial charge is 0.251 e. The molecule has 1 N–H and O–H groups in total. The van der Waals surface area contributed by atoms with Crippen molar-refractivity contribution in [3.8, 4) is 5.75 Å². The van der Waals surface area contributed by atoms with Crippen molar-refractivity contribution in [1.82, 2.24) is 15.1 Å². The van der Waals surface area contributed by atoms with Gasteiger partial charge in [-0.2, -0.15) is 0 Å². The van der Waals surface area contributed by atoms with Gasteiger partial charge in [-0.15, -0.1) is 0 Å². The van der Waals surface area contributed by atoms with Crippen molar-refractivity contribution in [2.24, 2.45) is 5.92 Å². The fraction of sp³-hybridized carbons (Fsp3) is 0.654. The fourth-order valence-electron chi connectivity index (χ4n) is 4.06. The summed E-state index contributed by atoms with van der Waals surface area (Å²) in [4.78, 5) is 42.3. The third-order valence-corrected chi connectivity index (χ3v) is 6.56. The summed E-state index contributed by atoms with van der Waals surface area (Å²) in [7, 11) is 1.58. The van der Waals surface area contributed by atoms with Gasteiger partial charge in [-0.05, 0) is 36.6 Å². The maximum Gasteiger partial charge on any atom is 0.251 e. The van der Waals surface area contributed by atoms with Gasteiger partial charge in [-0.3, -0.25) is 14.4 Å². The summed E-state index contributed by atoms with van der Waals surface area (Å²) in [5.74, 6) is 0.521. The van der Waals surface area contributed by atoms with Crippen LogP contribution >= 0.6 is 0 Å². The molecule has 0 unspecified atom stereocenters. The zero-order chi connectivity index (χ0) is 24.2. The van der Waals surface area contributed by atoms with Gasteiger partial charge in [0.05, 0.1) is 7.11 Å². The van der Waals surface area contributed by atoms with Crippen molar-refractivity contribution in [3.05, 3.63) is 29.8 Å². The first-order valence-corrected chi connectivity index (χ1v) is 12.4. The van der Waals surface area contributed by atoms with Crippen molar-refractivity contribution in [2.75, 3.05) is 33.3 Å². The predicted octanol–water partition coefficient (Wildman–Crippen LogP) is 3.87. The topological polar surface area (TPSA) is 79.0 Å². The highest BCUT2D eigenvalue weighted by atomic mass is 16.5. The molecule has 1 fully saturated rings. The van der Waals surface area contributed by atoms with Crippen LogP contribution in [-0.4, -0.2) is 66.9 Å². The first-order chi connectivity index (χ1) is 15.9. The molecule has 184 valence electrons. The van der Waals surface area contributed by atoms with E-state index in [0.29, 0.717) is 43.9 Å². The first kappa shape index (κ1) is 26.7. The Labute approximate surface area is 198 Å². The van der Waals surface area contributed by atoms with E-state index in [1.807, 2.05) is 18.7 Å². The number of benzene rings is 1. The second-order valence-corrected chi connectivity index (χ2v) is 8.94. The molecular weight excluding hydrogens is 418 g/mol. The summed E-state index contributed by atoms with van der Waals surface area (Å²) in [6.45, 7) is 8.30. The molecule has 3 amide bonds. The van der Waals surface area contributed by atoms with Crippen molar-refractivity contribution < 1.29 is 19.1 Å². The number of ether oxygens (including phenoxy) is 1. The summed E-state index contributed by atoms with van der Waals surface area (Å²) in [5, 5.41) is 2.95. The number of hydrogen-bond acceptors (Lipinski definition) is 4. The van der Waals surface area contributed by atoms with Crippen LogP contribution in [0.25, 0.3) is 0 Å². The van der Waals surface area contributed by atoms with Crippen LogP contribution in [0.5, 0.6) is 5.75 Å². The fourth-order valence-corrected chi connectivity index (χ4v) is 4.06. The van der Waals surface area contributed by atoms with Crippen molar-refractivity contribution >= 4 is 17.7 Å². The van der Waals surface area contributed by atoms with Crippen LogP contribution in [0, 0.1) is 5.92 Å². The number of hydrogen-bond donors (Lipinski definition) is 1. The lowest BCUT2D eigenvalue weighted by atomic mass is 9.97. The lowest BCUT2D eigenvalue weighted by Crippen LogP contribution is -2.57. The second-order valence-electron chi connectivity index (χ2n) is 8.94. The third-order valence-electron chi connectivity index (χ3n) is 6.56. The number of amides is 3. The Hall–Kier alpha value is -2.57. The van der Waals surface area contributed by atoms with Crippen molar-refractivity contribution in [2.45, 2.75) is 71.8 Å². The number of rotatable bonds is 12. The average molecular weight is 460 g/mol. The average Bonchev–Trinajstić information content (AvgIpc) is 2.86. The SMILES string of the molecule is CCCCCCCC(=O)N1CCN(C(=O)[C@H](NC(=O)c2ccc(OC)cc2)[C@@H](C)CC)CC1. The van der Waals surface area contributed by atoms with Crippen LogP contribution < -0.4 is 10.1 Å². The quantitative estimate of drug-likeness (QED) is 0.481. The first-order valence-electron chi connectivity index (χ1n) is 12.4. The molecule has 2 atom stereocenters. The lowest BCUT2D eigenvalue weighted by molar-refractivity contribution is -0.141. The van der Waals surface area contributed by atoms with E-state index in [1.54, 1.807) is 36.3 Å². The molecule has 0 aliphatic carbocycles. The Kier molecular flexibility index (Phi) is 11.2. The molecular formula is C26H41N3O4. The van der Waals surface area contributed by atoms with Gasteiger partial charge in [0.2, 0.25) is 11.8 Å². The number of carbonyl (C=O) groups excluding carboxylic acids is 3. The van der Waals surface area contributed by atoms with Gasteiger partial charge in [-0.1, -0.05) is 52.9 Å². The number of nitrogens with one attached hydrogen (secondary N) is 1. The largest absolute Gasteiger partial charge is 0.497 e. The van der Waals surface area contributed by atoms with Crippen LogP contribution in [-0.2, 0) is 9.59 Å². The van der Waals surface area contributed by atoms with E-state index >= 15 is 0 Å².